The van der Waals surface area contributed by atoms with Crippen LogP contribution in [-0.2, 0) is 0 Å². The molecule has 0 saturated heterocycles. The number of fused-ring (bicyclic) bond motifs is 1. The molecule has 0 radical (unpaired) electrons. The summed E-state index contributed by atoms with van der Waals surface area (Å²) in [6, 6.07) is 8.45. The highest BCUT2D eigenvalue weighted by molar-refractivity contribution is 6.34. The first-order valence-corrected chi connectivity index (χ1v) is 7.12. The molecule has 5 heteroatoms. The van der Waals surface area contributed by atoms with Crippen LogP contribution in [0, 0.1) is 19.7 Å². The molecule has 21 heavy (non-hydrogen) atoms. The molecule has 0 aliphatic heterocycles. The Bertz CT molecular complexity index is 863. The maximum Gasteiger partial charge on any atom is 0.161 e. The highest BCUT2D eigenvalue weighted by atomic mass is 35.5. The van der Waals surface area contributed by atoms with Gasteiger partial charge in [0.05, 0.1) is 0 Å². The van der Waals surface area contributed by atoms with Crippen molar-refractivity contribution < 1.29 is 4.39 Å². The number of aromatic nitrogens is 2. The minimum atomic E-state index is -0.416. The summed E-state index contributed by atoms with van der Waals surface area (Å²) in [4.78, 5) is 8.64. The monoisotopic (exact) mass is 320 g/mol. The van der Waals surface area contributed by atoms with Gasteiger partial charge in [-0.25, -0.2) is 14.4 Å². The summed E-state index contributed by atoms with van der Waals surface area (Å²) in [5, 5.41) is 1.35. The summed E-state index contributed by atoms with van der Waals surface area (Å²) in [7, 11) is 0. The average Bonchev–Trinajstić information content (AvgIpc) is 2.45. The molecule has 3 rings (SSSR count). The molecule has 0 fully saturated rings. The number of benzene rings is 2. The van der Waals surface area contributed by atoms with Gasteiger partial charge in [-0.05, 0) is 43.2 Å². The van der Waals surface area contributed by atoms with E-state index in [0.29, 0.717) is 16.2 Å². The number of nitrogens with zero attached hydrogens (tertiary/aromatic N) is 2. The van der Waals surface area contributed by atoms with Crippen molar-refractivity contribution in [2.45, 2.75) is 13.8 Å². The fourth-order valence-corrected chi connectivity index (χ4v) is 2.76. The number of hydrogen-bond donors (Lipinski definition) is 0. The first kappa shape index (κ1) is 14.2. The number of hydrogen-bond acceptors (Lipinski definition) is 2. The van der Waals surface area contributed by atoms with Gasteiger partial charge in [0.25, 0.3) is 0 Å². The molecule has 0 N–H and O–H groups in total. The van der Waals surface area contributed by atoms with Gasteiger partial charge in [-0.2, -0.15) is 0 Å². The van der Waals surface area contributed by atoms with Gasteiger partial charge in [-0.1, -0.05) is 35.3 Å². The van der Waals surface area contributed by atoms with Crippen LogP contribution in [0.2, 0.25) is 10.2 Å². The smallest absolute Gasteiger partial charge is 0.161 e. The van der Waals surface area contributed by atoms with Crippen LogP contribution in [0.5, 0.6) is 0 Å². The van der Waals surface area contributed by atoms with E-state index in [4.69, 9.17) is 23.2 Å². The lowest BCUT2D eigenvalue weighted by Crippen LogP contribution is -1.97. The third-order valence-electron chi connectivity index (χ3n) is 3.41. The topological polar surface area (TPSA) is 25.8 Å². The molecule has 0 saturated carbocycles. The van der Waals surface area contributed by atoms with Gasteiger partial charge in [0.15, 0.2) is 5.82 Å². The lowest BCUT2D eigenvalue weighted by atomic mass is 10.1. The van der Waals surface area contributed by atoms with Crippen molar-refractivity contribution in [3.05, 3.63) is 57.5 Å². The Morgan fingerprint density at radius 2 is 1.67 bits per heavy atom. The quantitative estimate of drug-likeness (QED) is 0.564. The second-order valence-electron chi connectivity index (χ2n) is 4.89. The van der Waals surface area contributed by atoms with Crippen LogP contribution >= 0.6 is 23.2 Å². The van der Waals surface area contributed by atoms with Crippen LogP contribution < -0.4 is 0 Å². The molecule has 0 spiro atoms. The van der Waals surface area contributed by atoms with Crippen LogP contribution in [0.25, 0.3) is 22.3 Å². The fourth-order valence-electron chi connectivity index (χ4n) is 2.27. The number of rotatable bonds is 1. The highest BCUT2D eigenvalue weighted by Gasteiger charge is 2.14. The molecule has 0 bridgehead atoms. The number of aryl methyl sites for hydroxylation is 2. The lowest BCUT2D eigenvalue weighted by Gasteiger charge is -2.09. The molecule has 0 atom stereocenters. The SMILES string of the molecule is Cc1ccc(Cl)cc1-c1nc(Cl)c2c(C)ccc(F)c2n1. The van der Waals surface area contributed by atoms with Gasteiger partial charge in [-0.15, -0.1) is 0 Å². The van der Waals surface area contributed by atoms with Crippen LogP contribution in [0.1, 0.15) is 11.1 Å². The third-order valence-corrected chi connectivity index (χ3v) is 3.91. The van der Waals surface area contributed by atoms with E-state index >= 15 is 0 Å². The van der Waals surface area contributed by atoms with Crippen molar-refractivity contribution >= 4 is 34.1 Å². The van der Waals surface area contributed by atoms with Crippen molar-refractivity contribution in [3.8, 4) is 11.4 Å². The molecular weight excluding hydrogens is 310 g/mol. The van der Waals surface area contributed by atoms with Gasteiger partial charge < -0.3 is 0 Å². The maximum absolute atomic E-state index is 14.0. The van der Waals surface area contributed by atoms with Gasteiger partial charge >= 0.3 is 0 Å². The predicted molar refractivity (Wildman–Crippen MR) is 84.4 cm³/mol. The molecule has 2 nitrogen and oxygen atoms in total. The molecule has 3 aromatic rings. The molecule has 0 unspecified atom stereocenters. The lowest BCUT2D eigenvalue weighted by molar-refractivity contribution is 0.636. The first-order chi connectivity index (χ1) is 9.97. The van der Waals surface area contributed by atoms with E-state index in [0.717, 1.165) is 16.7 Å². The van der Waals surface area contributed by atoms with E-state index in [1.165, 1.54) is 6.07 Å². The van der Waals surface area contributed by atoms with Crippen molar-refractivity contribution in [1.29, 1.82) is 0 Å². The molecule has 106 valence electrons. The number of halogens is 3. The molecule has 0 amide bonds. The van der Waals surface area contributed by atoms with E-state index in [-0.39, 0.29) is 10.7 Å². The summed E-state index contributed by atoms with van der Waals surface area (Å²) in [5.41, 5.74) is 2.75. The minimum absolute atomic E-state index is 0.226. The Balaban J connectivity index is 2.35. The average molecular weight is 321 g/mol. The van der Waals surface area contributed by atoms with Crippen LogP contribution in [0.3, 0.4) is 0 Å². The molecule has 0 aliphatic rings. The minimum Gasteiger partial charge on any atom is -0.225 e. The standard InChI is InChI=1S/C16H11Cl2FN2/c1-8-3-5-10(17)7-11(8)16-20-14-12(19)6-4-9(2)13(14)15(18)21-16/h3-7H,1-2H3. The zero-order chi connectivity index (χ0) is 15.1. The van der Waals surface area contributed by atoms with Gasteiger partial charge in [0.2, 0.25) is 0 Å². The molecular formula is C16H11Cl2FN2. The fraction of sp³-hybridized carbons (Fsp3) is 0.125. The van der Waals surface area contributed by atoms with Crippen molar-refractivity contribution in [3.63, 3.8) is 0 Å². The van der Waals surface area contributed by atoms with Crippen LogP contribution in [0.4, 0.5) is 4.39 Å². The van der Waals surface area contributed by atoms with E-state index in [1.54, 1.807) is 18.2 Å². The Labute approximate surface area is 131 Å². The Morgan fingerprint density at radius 3 is 2.43 bits per heavy atom. The summed E-state index contributed by atoms with van der Waals surface area (Å²) in [5.74, 6) is -0.0437. The largest absolute Gasteiger partial charge is 0.225 e. The zero-order valence-electron chi connectivity index (χ0n) is 11.4. The zero-order valence-corrected chi connectivity index (χ0v) is 12.9. The normalized spacial score (nSPS) is 11.1. The second-order valence-corrected chi connectivity index (χ2v) is 5.68. The molecule has 1 heterocycles. The van der Waals surface area contributed by atoms with Gasteiger partial charge in [0, 0.05) is 16.0 Å². The maximum atomic E-state index is 14.0. The van der Waals surface area contributed by atoms with E-state index < -0.39 is 5.82 Å². The highest BCUT2D eigenvalue weighted by Crippen LogP contribution is 2.31. The Morgan fingerprint density at radius 1 is 0.952 bits per heavy atom. The van der Waals surface area contributed by atoms with Crippen molar-refractivity contribution in [2.75, 3.05) is 0 Å². The predicted octanol–water partition coefficient (Wildman–Crippen LogP) is 5.36. The van der Waals surface area contributed by atoms with Crippen LogP contribution in [0.15, 0.2) is 30.3 Å². The summed E-state index contributed by atoms with van der Waals surface area (Å²) in [6.07, 6.45) is 0. The van der Waals surface area contributed by atoms with Crippen molar-refractivity contribution in [1.82, 2.24) is 9.97 Å². The summed E-state index contributed by atoms with van der Waals surface area (Å²) >= 11 is 12.2. The van der Waals surface area contributed by atoms with Gasteiger partial charge in [0.1, 0.15) is 16.5 Å². The molecule has 1 aromatic heterocycles. The van der Waals surface area contributed by atoms with E-state index in [9.17, 15) is 4.39 Å². The Hall–Kier alpha value is -1.71. The third kappa shape index (κ3) is 2.47. The molecule has 2 aromatic carbocycles. The van der Waals surface area contributed by atoms with E-state index in [1.807, 2.05) is 19.9 Å². The van der Waals surface area contributed by atoms with Gasteiger partial charge in [-0.3, -0.25) is 0 Å². The Kier molecular flexibility index (Phi) is 3.56. The second kappa shape index (κ2) is 5.24. The van der Waals surface area contributed by atoms with Crippen molar-refractivity contribution in [2.24, 2.45) is 0 Å². The van der Waals surface area contributed by atoms with Crippen LogP contribution in [-0.4, -0.2) is 9.97 Å². The first-order valence-electron chi connectivity index (χ1n) is 6.36. The molecule has 0 aliphatic carbocycles. The summed E-state index contributed by atoms with van der Waals surface area (Å²) < 4.78 is 14.0. The summed E-state index contributed by atoms with van der Waals surface area (Å²) in [6.45, 7) is 3.76. The van der Waals surface area contributed by atoms with E-state index in [2.05, 4.69) is 9.97 Å².